The molecule has 0 bridgehead atoms. The van der Waals surface area contributed by atoms with E-state index < -0.39 is 0 Å². The molecule has 1 aliphatic rings. The maximum Gasteiger partial charge on any atom is 0.132 e. The second kappa shape index (κ2) is 6.42. The van der Waals surface area contributed by atoms with Gasteiger partial charge >= 0.3 is 0 Å². The topological polar surface area (TPSA) is 17.1 Å². The van der Waals surface area contributed by atoms with E-state index in [1.165, 1.54) is 10.5 Å². The third-order valence-corrected chi connectivity index (χ3v) is 4.50. The molecule has 0 amide bonds. The van der Waals surface area contributed by atoms with Gasteiger partial charge in [-0.2, -0.15) is 0 Å². The Morgan fingerprint density at radius 1 is 1.17 bits per heavy atom. The molecule has 0 N–H and O–H groups in total. The van der Waals surface area contributed by atoms with Crippen LogP contribution in [-0.4, -0.2) is 11.0 Å². The summed E-state index contributed by atoms with van der Waals surface area (Å²) in [7, 11) is 0. The van der Waals surface area contributed by atoms with Crippen molar-refractivity contribution in [1.29, 1.82) is 0 Å². The van der Waals surface area contributed by atoms with Crippen LogP contribution in [0.15, 0.2) is 29.2 Å². The summed E-state index contributed by atoms with van der Waals surface area (Å²) in [6, 6.07) is 8.96. The lowest BCUT2D eigenvalue weighted by molar-refractivity contribution is -0.121. The molecule has 1 saturated carbocycles. The number of hydrogen-bond acceptors (Lipinski definition) is 2. The minimum atomic E-state index is 0.454. The number of Topliss-reactive ketones (excluding diaryl/α,β-unsaturated/α-hetero) is 1. The molecule has 0 saturated heterocycles. The zero-order valence-corrected chi connectivity index (χ0v) is 12.1. The first-order valence-electron chi connectivity index (χ1n) is 6.91. The van der Waals surface area contributed by atoms with Crippen LogP contribution in [0.5, 0.6) is 0 Å². The van der Waals surface area contributed by atoms with E-state index in [0.717, 1.165) is 32.1 Å². The third kappa shape index (κ3) is 4.16. The van der Waals surface area contributed by atoms with Crippen molar-refractivity contribution < 1.29 is 4.79 Å². The number of thioether (sulfide) groups is 1. The van der Waals surface area contributed by atoms with Gasteiger partial charge in [0.1, 0.15) is 5.78 Å². The number of hydrogen-bond donors (Lipinski definition) is 0. The van der Waals surface area contributed by atoms with E-state index in [2.05, 4.69) is 38.1 Å². The van der Waals surface area contributed by atoms with Crippen molar-refractivity contribution in [2.24, 2.45) is 5.92 Å². The fourth-order valence-electron chi connectivity index (χ4n) is 2.51. The zero-order chi connectivity index (χ0) is 13.0. The molecule has 18 heavy (non-hydrogen) atoms. The molecule has 0 radical (unpaired) electrons. The largest absolute Gasteiger partial charge is 0.300 e. The first kappa shape index (κ1) is 13.7. The van der Waals surface area contributed by atoms with E-state index in [1.807, 2.05) is 11.8 Å². The minimum Gasteiger partial charge on any atom is -0.300 e. The molecule has 2 heteroatoms. The molecular weight excluding hydrogens is 240 g/mol. The van der Waals surface area contributed by atoms with Crippen molar-refractivity contribution in [3.8, 4) is 0 Å². The Bertz CT molecular complexity index is 384. The summed E-state index contributed by atoms with van der Waals surface area (Å²) in [4.78, 5) is 12.6. The van der Waals surface area contributed by atoms with Gasteiger partial charge in [-0.1, -0.05) is 26.0 Å². The number of rotatable bonds is 4. The highest BCUT2D eigenvalue weighted by Crippen LogP contribution is 2.27. The van der Waals surface area contributed by atoms with E-state index in [-0.39, 0.29) is 0 Å². The van der Waals surface area contributed by atoms with Gasteiger partial charge in [-0.15, -0.1) is 11.8 Å². The molecular formula is C16H22OS. The van der Waals surface area contributed by atoms with Crippen molar-refractivity contribution in [1.82, 2.24) is 0 Å². The molecule has 0 aromatic heterocycles. The molecule has 0 aliphatic heterocycles. The molecule has 2 rings (SSSR count). The molecule has 1 aromatic rings. The molecule has 1 aromatic carbocycles. The SMILES string of the molecule is CC(C)Sc1ccc(CC2CCC(=O)CC2)cc1. The van der Waals surface area contributed by atoms with Crippen LogP contribution in [-0.2, 0) is 11.2 Å². The fraction of sp³-hybridized carbons (Fsp3) is 0.562. The average molecular weight is 262 g/mol. The number of benzene rings is 1. The summed E-state index contributed by atoms with van der Waals surface area (Å²) in [5.41, 5.74) is 1.42. The molecule has 0 unspecified atom stereocenters. The summed E-state index contributed by atoms with van der Waals surface area (Å²) in [5, 5.41) is 0.639. The quantitative estimate of drug-likeness (QED) is 0.744. The Morgan fingerprint density at radius 3 is 2.33 bits per heavy atom. The predicted octanol–water partition coefficient (Wildman–Crippen LogP) is 4.49. The van der Waals surface area contributed by atoms with Crippen LogP contribution >= 0.6 is 11.8 Å². The van der Waals surface area contributed by atoms with E-state index in [4.69, 9.17) is 0 Å². The van der Waals surface area contributed by atoms with Crippen LogP contribution in [0.2, 0.25) is 0 Å². The summed E-state index contributed by atoms with van der Waals surface area (Å²) < 4.78 is 0. The van der Waals surface area contributed by atoms with Gasteiger partial charge < -0.3 is 0 Å². The van der Waals surface area contributed by atoms with E-state index in [1.54, 1.807) is 0 Å². The summed E-state index contributed by atoms with van der Waals surface area (Å²) in [5.74, 6) is 1.17. The normalized spacial score (nSPS) is 17.4. The van der Waals surface area contributed by atoms with Gasteiger partial charge in [-0.25, -0.2) is 0 Å². The Balaban J connectivity index is 1.88. The number of ketones is 1. The minimum absolute atomic E-state index is 0.454. The Labute approximate surface area is 114 Å². The van der Waals surface area contributed by atoms with Crippen LogP contribution in [0.3, 0.4) is 0 Å². The highest BCUT2D eigenvalue weighted by Gasteiger charge is 2.18. The summed E-state index contributed by atoms with van der Waals surface area (Å²) in [6.07, 6.45) is 4.90. The predicted molar refractivity (Wildman–Crippen MR) is 78.1 cm³/mol. The fourth-order valence-corrected chi connectivity index (χ4v) is 3.35. The van der Waals surface area contributed by atoms with Crippen molar-refractivity contribution in [2.75, 3.05) is 0 Å². The van der Waals surface area contributed by atoms with Crippen LogP contribution in [0.4, 0.5) is 0 Å². The Hall–Kier alpha value is -0.760. The lowest BCUT2D eigenvalue weighted by Gasteiger charge is -2.20. The second-order valence-electron chi connectivity index (χ2n) is 5.50. The van der Waals surface area contributed by atoms with E-state index in [0.29, 0.717) is 17.0 Å². The standard InChI is InChI=1S/C16H22OS/c1-12(2)18-16-9-5-14(6-10-16)11-13-3-7-15(17)8-4-13/h5-6,9-10,12-13H,3-4,7-8,11H2,1-2H3. The zero-order valence-electron chi connectivity index (χ0n) is 11.3. The molecule has 1 nitrogen and oxygen atoms in total. The van der Waals surface area contributed by atoms with Crippen LogP contribution < -0.4 is 0 Å². The van der Waals surface area contributed by atoms with Gasteiger partial charge in [0.25, 0.3) is 0 Å². The molecule has 1 aliphatic carbocycles. The van der Waals surface area contributed by atoms with Crippen LogP contribution in [0, 0.1) is 5.92 Å². The highest BCUT2D eigenvalue weighted by atomic mass is 32.2. The van der Waals surface area contributed by atoms with Crippen LogP contribution in [0.1, 0.15) is 45.1 Å². The Morgan fingerprint density at radius 2 is 1.78 bits per heavy atom. The van der Waals surface area contributed by atoms with Gasteiger partial charge in [0, 0.05) is 23.0 Å². The van der Waals surface area contributed by atoms with Gasteiger partial charge in [0.2, 0.25) is 0 Å². The van der Waals surface area contributed by atoms with Crippen molar-refractivity contribution in [3.63, 3.8) is 0 Å². The lowest BCUT2D eigenvalue weighted by Crippen LogP contribution is -2.15. The maximum absolute atomic E-state index is 11.2. The van der Waals surface area contributed by atoms with Crippen LogP contribution in [0.25, 0.3) is 0 Å². The molecule has 1 fully saturated rings. The molecule has 0 heterocycles. The summed E-state index contributed by atoms with van der Waals surface area (Å²) >= 11 is 1.91. The van der Waals surface area contributed by atoms with Gasteiger partial charge in [-0.3, -0.25) is 4.79 Å². The number of carbonyl (C=O) groups excluding carboxylic acids is 1. The van der Waals surface area contributed by atoms with Crippen molar-refractivity contribution in [3.05, 3.63) is 29.8 Å². The maximum atomic E-state index is 11.2. The van der Waals surface area contributed by atoms with Gasteiger partial charge in [0.15, 0.2) is 0 Å². The van der Waals surface area contributed by atoms with E-state index in [9.17, 15) is 4.79 Å². The molecule has 0 atom stereocenters. The monoisotopic (exact) mass is 262 g/mol. The lowest BCUT2D eigenvalue weighted by atomic mass is 9.84. The Kier molecular flexibility index (Phi) is 4.87. The summed E-state index contributed by atoms with van der Waals surface area (Å²) in [6.45, 7) is 4.44. The van der Waals surface area contributed by atoms with Gasteiger partial charge in [-0.05, 0) is 42.9 Å². The number of carbonyl (C=O) groups is 1. The molecule has 0 spiro atoms. The van der Waals surface area contributed by atoms with E-state index >= 15 is 0 Å². The molecule has 98 valence electrons. The second-order valence-corrected chi connectivity index (χ2v) is 7.15. The smallest absolute Gasteiger partial charge is 0.132 e. The average Bonchev–Trinajstić information content (AvgIpc) is 2.34. The third-order valence-electron chi connectivity index (χ3n) is 3.48. The highest BCUT2D eigenvalue weighted by molar-refractivity contribution is 7.99. The van der Waals surface area contributed by atoms with Gasteiger partial charge in [0.05, 0.1) is 0 Å². The van der Waals surface area contributed by atoms with Crippen molar-refractivity contribution >= 4 is 17.5 Å². The van der Waals surface area contributed by atoms with Crippen molar-refractivity contribution in [2.45, 2.75) is 56.1 Å². The first-order chi connectivity index (χ1) is 8.63. The first-order valence-corrected chi connectivity index (χ1v) is 7.79.